The Morgan fingerprint density at radius 1 is 1.37 bits per heavy atom. The molecule has 0 radical (unpaired) electrons. The number of aliphatic hydroxyl groups is 1. The van der Waals surface area contributed by atoms with E-state index in [1.165, 1.54) is 12.3 Å². The largest absolute Gasteiger partial charge is 0.385 e. The predicted octanol–water partition coefficient (Wildman–Crippen LogP) is 2.20. The second kappa shape index (κ2) is 5.09. The van der Waals surface area contributed by atoms with E-state index in [2.05, 4.69) is 10.1 Å². The van der Waals surface area contributed by atoms with Crippen LogP contribution in [0, 0.1) is 12.7 Å². The van der Waals surface area contributed by atoms with E-state index >= 15 is 0 Å². The number of nitrogens with zero attached hydrogens (tertiary/aromatic N) is 3. The van der Waals surface area contributed by atoms with Gasteiger partial charge in [0.2, 0.25) is 0 Å². The van der Waals surface area contributed by atoms with Crippen LogP contribution in [-0.4, -0.2) is 19.9 Å². The summed E-state index contributed by atoms with van der Waals surface area (Å²) in [4.78, 5) is 3.78. The van der Waals surface area contributed by atoms with E-state index in [-0.39, 0.29) is 0 Å². The van der Waals surface area contributed by atoms with E-state index in [0.717, 1.165) is 24.1 Å². The summed E-state index contributed by atoms with van der Waals surface area (Å²) >= 11 is 0. The van der Waals surface area contributed by atoms with Crippen molar-refractivity contribution in [1.29, 1.82) is 0 Å². The van der Waals surface area contributed by atoms with Crippen LogP contribution in [0.1, 0.15) is 30.8 Å². The number of aromatic nitrogens is 3. The lowest BCUT2D eigenvalue weighted by Gasteiger charge is -2.23. The SMILES string of the molecule is CCn1nc(C)cc1CC(C)(O)c1cncc(F)c1. The summed E-state index contributed by atoms with van der Waals surface area (Å²) in [6.07, 6.45) is 2.98. The quantitative estimate of drug-likeness (QED) is 0.920. The van der Waals surface area contributed by atoms with Crippen LogP contribution in [0.4, 0.5) is 4.39 Å². The second-order valence-corrected chi connectivity index (χ2v) is 4.94. The van der Waals surface area contributed by atoms with Gasteiger partial charge in [-0.05, 0) is 32.9 Å². The molecule has 102 valence electrons. The molecule has 0 saturated heterocycles. The Labute approximate surface area is 111 Å². The van der Waals surface area contributed by atoms with E-state index in [9.17, 15) is 9.50 Å². The van der Waals surface area contributed by atoms with Crippen molar-refractivity contribution in [3.8, 4) is 0 Å². The molecule has 19 heavy (non-hydrogen) atoms. The molecule has 4 nitrogen and oxygen atoms in total. The highest BCUT2D eigenvalue weighted by Crippen LogP contribution is 2.25. The maximum Gasteiger partial charge on any atom is 0.141 e. The molecule has 2 heterocycles. The maximum absolute atomic E-state index is 13.2. The van der Waals surface area contributed by atoms with Crippen molar-refractivity contribution in [2.24, 2.45) is 0 Å². The summed E-state index contributed by atoms with van der Waals surface area (Å²) in [5, 5.41) is 14.9. The molecule has 1 N–H and O–H groups in total. The molecule has 0 spiro atoms. The molecule has 0 aliphatic heterocycles. The highest BCUT2D eigenvalue weighted by Gasteiger charge is 2.26. The monoisotopic (exact) mass is 263 g/mol. The first-order valence-corrected chi connectivity index (χ1v) is 6.29. The molecule has 5 heteroatoms. The van der Waals surface area contributed by atoms with Crippen LogP contribution in [0.2, 0.25) is 0 Å². The van der Waals surface area contributed by atoms with E-state index in [4.69, 9.17) is 0 Å². The van der Waals surface area contributed by atoms with Crippen LogP contribution in [0.15, 0.2) is 24.5 Å². The van der Waals surface area contributed by atoms with Gasteiger partial charge in [0.15, 0.2) is 0 Å². The molecular formula is C14H18FN3O. The van der Waals surface area contributed by atoms with Crippen LogP contribution in [0.5, 0.6) is 0 Å². The van der Waals surface area contributed by atoms with Crippen molar-refractivity contribution < 1.29 is 9.50 Å². The van der Waals surface area contributed by atoms with Crippen LogP contribution in [0.25, 0.3) is 0 Å². The summed E-state index contributed by atoms with van der Waals surface area (Å²) in [5.74, 6) is -0.446. The van der Waals surface area contributed by atoms with Crippen LogP contribution in [0.3, 0.4) is 0 Å². The number of rotatable bonds is 4. The third kappa shape index (κ3) is 2.98. The third-order valence-electron chi connectivity index (χ3n) is 3.14. The Morgan fingerprint density at radius 2 is 2.11 bits per heavy atom. The van der Waals surface area contributed by atoms with Gasteiger partial charge in [0.25, 0.3) is 0 Å². The lowest BCUT2D eigenvalue weighted by Crippen LogP contribution is -2.26. The van der Waals surface area contributed by atoms with Gasteiger partial charge in [-0.25, -0.2) is 4.39 Å². The molecule has 0 aliphatic carbocycles. The normalized spacial score (nSPS) is 14.4. The summed E-state index contributed by atoms with van der Waals surface area (Å²) in [6.45, 7) is 6.30. The fourth-order valence-corrected chi connectivity index (χ4v) is 2.18. The average molecular weight is 263 g/mol. The average Bonchev–Trinajstić information content (AvgIpc) is 2.68. The Morgan fingerprint density at radius 3 is 2.74 bits per heavy atom. The minimum atomic E-state index is -1.17. The van der Waals surface area contributed by atoms with E-state index in [1.54, 1.807) is 6.92 Å². The zero-order valence-corrected chi connectivity index (χ0v) is 11.4. The fourth-order valence-electron chi connectivity index (χ4n) is 2.18. The standard InChI is InChI=1S/C14H18FN3O/c1-4-18-13(5-10(2)17-18)7-14(3,19)11-6-12(15)9-16-8-11/h5-6,8-9,19H,4,7H2,1-3H3. The van der Waals surface area contributed by atoms with E-state index < -0.39 is 11.4 Å². The summed E-state index contributed by atoms with van der Waals surface area (Å²) in [5.41, 5.74) is 1.13. The van der Waals surface area contributed by atoms with Gasteiger partial charge in [0.1, 0.15) is 5.82 Å². The molecule has 0 aliphatic rings. The van der Waals surface area contributed by atoms with Gasteiger partial charge >= 0.3 is 0 Å². The Balaban J connectivity index is 2.30. The van der Waals surface area contributed by atoms with Crippen molar-refractivity contribution >= 4 is 0 Å². The van der Waals surface area contributed by atoms with Crippen molar-refractivity contribution in [3.05, 3.63) is 47.3 Å². The number of hydrogen-bond acceptors (Lipinski definition) is 3. The number of hydrogen-bond donors (Lipinski definition) is 1. The van der Waals surface area contributed by atoms with E-state index in [0.29, 0.717) is 12.0 Å². The van der Waals surface area contributed by atoms with Crippen molar-refractivity contribution in [2.45, 2.75) is 39.3 Å². The lowest BCUT2D eigenvalue weighted by atomic mass is 9.92. The highest BCUT2D eigenvalue weighted by atomic mass is 19.1. The minimum absolute atomic E-state index is 0.368. The van der Waals surface area contributed by atoms with Crippen molar-refractivity contribution in [3.63, 3.8) is 0 Å². The molecule has 0 aromatic carbocycles. The molecule has 2 aromatic heterocycles. The molecule has 1 unspecified atom stereocenters. The highest BCUT2D eigenvalue weighted by molar-refractivity contribution is 5.22. The van der Waals surface area contributed by atoms with Gasteiger partial charge in [0.05, 0.1) is 17.5 Å². The Hall–Kier alpha value is -1.75. The number of halogens is 1. The number of aryl methyl sites for hydroxylation is 2. The zero-order chi connectivity index (χ0) is 14.0. The first kappa shape index (κ1) is 13.7. The van der Waals surface area contributed by atoms with Crippen LogP contribution in [-0.2, 0) is 18.6 Å². The molecule has 0 saturated carbocycles. The zero-order valence-electron chi connectivity index (χ0n) is 11.4. The van der Waals surface area contributed by atoms with Gasteiger partial charge < -0.3 is 5.11 Å². The summed E-state index contributed by atoms with van der Waals surface area (Å²) in [6, 6.07) is 3.25. The molecule has 2 aromatic rings. The molecule has 2 rings (SSSR count). The predicted molar refractivity (Wildman–Crippen MR) is 70.1 cm³/mol. The van der Waals surface area contributed by atoms with Gasteiger partial charge in [-0.3, -0.25) is 9.67 Å². The minimum Gasteiger partial charge on any atom is -0.385 e. The van der Waals surface area contributed by atoms with Crippen molar-refractivity contribution in [1.82, 2.24) is 14.8 Å². The topological polar surface area (TPSA) is 50.9 Å². The molecule has 1 atom stereocenters. The first-order chi connectivity index (χ1) is 8.92. The third-order valence-corrected chi connectivity index (χ3v) is 3.14. The molecular weight excluding hydrogens is 245 g/mol. The first-order valence-electron chi connectivity index (χ1n) is 6.29. The lowest BCUT2D eigenvalue weighted by molar-refractivity contribution is 0.0547. The molecule has 0 fully saturated rings. The summed E-state index contributed by atoms with van der Waals surface area (Å²) in [7, 11) is 0. The van der Waals surface area contributed by atoms with E-state index in [1.807, 2.05) is 24.6 Å². The maximum atomic E-state index is 13.2. The van der Waals surface area contributed by atoms with Crippen LogP contribution >= 0.6 is 0 Å². The second-order valence-electron chi connectivity index (χ2n) is 4.94. The Bertz CT molecular complexity index is 578. The van der Waals surface area contributed by atoms with Crippen LogP contribution < -0.4 is 0 Å². The fraction of sp³-hybridized carbons (Fsp3) is 0.429. The van der Waals surface area contributed by atoms with Gasteiger partial charge in [-0.2, -0.15) is 5.10 Å². The molecule has 0 amide bonds. The Kier molecular flexibility index (Phi) is 3.66. The van der Waals surface area contributed by atoms with Gasteiger partial charge in [-0.1, -0.05) is 0 Å². The van der Waals surface area contributed by atoms with Crippen molar-refractivity contribution in [2.75, 3.05) is 0 Å². The number of pyridine rings is 1. The van der Waals surface area contributed by atoms with Gasteiger partial charge in [-0.15, -0.1) is 0 Å². The summed E-state index contributed by atoms with van der Waals surface area (Å²) < 4.78 is 15.0. The smallest absolute Gasteiger partial charge is 0.141 e. The molecule has 0 bridgehead atoms. The van der Waals surface area contributed by atoms with Gasteiger partial charge in [0, 0.05) is 30.4 Å².